The lowest BCUT2D eigenvalue weighted by Gasteiger charge is -2.16. The predicted molar refractivity (Wildman–Crippen MR) is 141 cm³/mol. The molecule has 0 bridgehead atoms. The molecule has 8 heteroatoms. The van der Waals surface area contributed by atoms with E-state index in [0.717, 1.165) is 70.0 Å². The Hall–Kier alpha value is -3.55. The largest absolute Gasteiger partial charge is 0.497 e. The van der Waals surface area contributed by atoms with Crippen molar-refractivity contribution >= 4 is 28.2 Å². The van der Waals surface area contributed by atoms with Gasteiger partial charge in [0.25, 0.3) is 0 Å². The van der Waals surface area contributed by atoms with Crippen molar-refractivity contribution < 1.29 is 18.9 Å². The van der Waals surface area contributed by atoms with Crippen LogP contribution in [0.4, 0.5) is 5.69 Å². The quantitative estimate of drug-likeness (QED) is 0.293. The van der Waals surface area contributed by atoms with E-state index in [0.29, 0.717) is 18.2 Å². The molecule has 36 heavy (non-hydrogen) atoms. The van der Waals surface area contributed by atoms with Crippen LogP contribution in [0, 0.1) is 0 Å². The highest BCUT2D eigenvalue weighted by molar-refractivity contribution is 6.31. The zero-order chi connectivity index (χ0) is 24.9. The summed E-state index contributed by atoms with van der Waals surface area (Å²) in [6.07, 6.45) is 3.96. The molecule has 0 amide bonds. The fraction of sp³-hybridized carbons (Fsp3) is 0.286. The van der Waals surface area contributed by atoms with Crippen LogP contribution in [-0.4, -0.2) is 43.7 Å². The van der Waals surface area contributed by atoms with Gasteiger partial charge >= 0.3 is 0 Å². The van der Waals surface area contributed by atoms with Crippen molar-refractivity contribution in [2.24, 2.45) is 0 Å². The second-order valence-corrected chi connectivity index (χ2v) is 9.04. The number of nitrogens with one attached hydrogen (secondary N) is 1. The van der Waals surface area contributed by atoms with Gasteiger partial charge in [0.2, 0.25) is 0 Å². The summed E-state index contributed by atoms with van der Waals surface area (Å²) in [7, 11) is 3.29. The summed E-state index contributed by atoms with van der Waals surface area (Å²) in [4.78, 5) is 0. The number of hydrogen-bond acceptors (Lipinski definition) is 7. The fourth-order valence-electron chi connectivity index (χ4n) is 4.37. The Morgan fingerprint density at radius 1 is 1.03 bits per heavy atom. The van der Waals surface area contributed by atoms with E-state index in [4.69, 9.17) is 30.5 Å². The Morgan fingerprint density at radius 2 is 1.94 bits per heavy atom. The van der Waals surface area contributed by atoms with Gasteiger partial charge in [-0.05, 0) is 60.9 Å². The van der Waals surface area contributed by atoms with Gasteiger partial charge in [-0.15, -0.1) is 0 Å². The molecule has 186 valence electrons. The van der Waals surface area contributed by atoms with Crippen LogP contribution in [0.3, 0.4) is 0 Å². The van der Waals surface area contributed by atoms with E-state index in [-0.39, 0.29) is 6.10 Å². The van der Waals surface area contributed by atoms with E-state index < -0.39 is 0 Å². The maximum atomic E-state index is 6.34. The number of methoxy groups -OCH3 is 2. The molecular formula is C28H28ClN3O4. The number of rotatable bonds is 9. The van der Waals surface area contributed by atoms with Gasteiger partial charge < -0.3 is 24.3 Å². The van der Waals surface area contributed by atoms with Gasteiger partial charge in [0.05, 0.1) is 37.7 Å². The van der Waals surface area contributed by atoms with Crippen molar-refractivity contribution in [1.29, 1.82) is 0 Å². The van der Waals surface area contributed by atoms with E-state index >= 15 is 0 Å². The van der Waals surface area contributed by atoms with Gasteiger partial charge in [-0.2, -0.15) is 10.2 Å². The van der Waals surface area contributed by atoms with Crippen LogP contribution in [0.2, 0.25) is 5.02 Å². The fourth-order valence-corrected chi connectivity index (χ4v) is 4.54. The van der Waals surface area contributed by atoms with E-state index in [1.807, 2.05) is 54.6 Å². The zero-order valence-electron chi connectivity index (χ0n) is 20.3. The monoisotopic (exact) mass is 505 g/mol. The van der Waals surface area contributed by atoms with E-state index in [9.17, 15) is 0 Å². The third-order valence-electron chi connectivity index (χ3n) is 6.31. The Morgan fingerprint density at radius 3 is 2.75 bits per heavy atom. The normalized spacial score (nSPS) is 15.1. The topological polar surface area (TPSA) is 74.7 Å². The molecule has 4 aromatic rings. The predicted octanol–water partition coefficient (Wildman–Crippen LogP) is 6.14. The molecule has 0 spiro atoms. The molecule has 3 aromatic carbocycles. The van der Waals surface area contributed by atoms with Crippen molar-refractivity contribution in [3.63, 3.8) is 0 Å². The average molecular weight is 506 g/mol. The second-order valence-electron chi connectivity index (χ2n) is 8.61. The minimum atomic E-state index is 0.133. The van der Waals surface area contributed by atoms with Gasteiger partial charge in [0, 0.05) is 40.8 Å². The maximum absolute atomic E-state index is 6.34. The third kappa shape index (κ3) is 5.32. The summed E-state index contributed by atoms with van der Waals surface area (Å²) >= 11 is 6.34. The number of halogens is 1. The van der Waals surface area contributed by atoms with Crippen LogP contribution in [0.1, 0.15) is 18.4 Å². The van der Waals surface area contributed by atoms with Gasteiger partial charge in [-0.1, -0.05) is 17.7 Å². The third-order valence-corrected chi connectivity index (χ3v) is 6.54. The number of benzene rings is 3. The lowest BCUT2D eigenvalue weighted by atomic mass is 10.0. The van der Waals surface area contributed by atoms with Crippen LogP contribution < -0.4 is 19.5 Å². The van der Waals surface area contributed by atoms with Gasteiger partial charge in [0.1, 0.15) is 23.9 Å². The minimum Gasteiger partial charge on any atom is -0.497 e. The lowest BCUT2D eigenvalue weighted by molar-refractivity contribution is 0.0681. The molecule has 5 rings (SSSR count). The number of nitrogens with zero attached hydrogens (tertiary/aromatic N) is 2. The van der Waals surface area contributed by atoms with Crippen molar-refractivity contribution in [3.05, 3.63) is 71.4 Å². The number of ether oxygens (including phenoxy) is 4. The van der Waals surface area contributed by atoms with E-state index in [1.165, 1.54) is 0 Å². The van der Waals surface area contributed by atoms with E-state index in [1.54, 1.807) is 20.4 Å². The van der Waals surface area contributed by atoms with Crippen LogP contribution in [0.5, 0.6) is 17.2 Å². The lowest BCUT2D eigenvalue weighted by Crippen LogP contribution is -2.16. The summed E-state index contributed by atoms with van der Waals surface area (Å²) in [5.41, 5.74) is 4.52. The van der Waals surface area contributed by atoms with Crippen molar-refractivity contribution in [2.45, 2.75) is 25.5 Å². The molecule has 1 aromatic heterocycles. The number of fused-ring (bicyclic) bond motifs is 1. The summed E-state index contributed by atoms with van der Waals surface area (Å²) in [5, 5.41) is 13.7. The Labute approximate surface area is 215 Å². The summed E-state index contributed by atoms with van der Waals surface area (Å²) in [6.45, 7) is 1.88. The molecule has 1 aliphatic rings. The van der Waals surface area contributed by atoms with Crippen molar-refractivity contribution in [2.75, 3.05) is 32.8 Å². The summed E-state index contributed by atoms with van der Waals surface area (Å²) in [5.74, 6) is 2.27. The summed E-state index contributed by atoms with van der Waals surface area (Å²) < 4.78 is 22.7. The average Bonchev–Trinajstić information content (AvgIpc) is 3.44. The molecule has 1 aliphatic heterocycles. The van der Waals surface area contributed by atoms with E-state index in [2.05, 4.69) is 15.5 Å². The molecule has 2 heterocycles. The first kappa shape index (κ1) is 24.2. The van der Waals surface area contributed by atoms with Crippen molar-refractivity contribution in [3.8, 4) is 28.4 Å². The van der Waals surface area contributed by atoms with Crippen LogP contribution >= 0.6 is 11.6 Å². The Kier molecular flexibility index (Phi) is 7.39. The Balaban J connectivity index is 1.39. The second kappa shape index (κ2) is 11.0. The highest BCUT2D eigenvalue weighted by Gasteiger charge is 2.18. The van der Waals surface area contributed by atoms with Gasteiger partial charge in [0.15, 0.2) is 0 Å². The molecular weight excluding hydrogens is 478 g/mol. The summed E-state index contributed by atoms with van der Waals surface area (Å²) in [6, 6.07) is 17.5. The molecule has 1 atom stereocenters. The van der Waals surface area contributed by atoms with Crippen LogP contribution in [0.25, 0.3) is 22.0 Å². The molecule has 0 aliphatic carbocycles. The first-order valence-electron chi connectivity index (χ1n) is 11.9. The van der Waals surface area contributed by atoms with Gasteiger partial charge in [-0.25, -0.2) is 0 Å². The van der Waals surface area contributed by atoms with Gasteiger partial charge in [-0.3, -0.25) is 0 Å². The van der Waals surface area contributed by atoms with Crippen LogP contribution in [-0.2, 0) is 11.3 Å². The molecule has 1 N–H and O–H groups in total. The first-order valence-corrected chi connectivity index (χ1v) is 12.3. The van der Waals surface area contributed by atoms with Crippen molar-refractivity contribution in [1.82, 2.24) is 10.2 Å². The first-order chi connectivity index (χ1) is 17.6. The molecule has 1 saturated heterocycles. The zero-order valence-corrected chi connectivity index (χ0v) is 21.0. The maximum Gasteiger partial charge on any atom is 0.127 e. The number of anilines is 1. The molecule has 0 radical (unpaired) electrons. The smallest absolute Gasteiger partial charge is 0.127 e. The van der Waals surface area contributed by atoms with Crippen LogP contribution in [0.15, 0.2) is 60.8 Å². The number of aromatic nitrogens is 2. The highest BCUT2D eigenvalue weighted by Crippen LogP contribution is 2.35. The Bertz CT molecular complexity index is 1360. The SMILES string of the molecule is COc1ccc(CNc2cnnc3cc(-c4cc(Cl)ccc4OCC4CCCO4)ccc23)c(OC)c1. The molecule has 0 saturated carbocycles. The molecule has 1 fully saturated rings. The number of hydrogen-bond donors (Lipinski definition) is 1. The standard InChI is InChI=1S/C28H28ClN3O4/c1-33-21-8-5-19(28(14-21)34-2)15-30-26-16-31-32-25-12-18(6-9-23(25)26)24-13-20(29)7-10-27(24)36-17-22-4-3-11-35-22/h5-10,12-14,16,22H,3-4,11,15,17H2,1-2H3,(H,30,32). The molecule has 1 unspecified atom stereocenters. The molecule has 7 nitrogen and oxygen atoms in total. The highest BCUT2D eigenvalue weighted by atomic mass is 35.5. The minimum absolute atomic E-state index is 0.133.